The maximum atomic E-state index is 11.9. The molecule has 0 aromatic heterocycles. The van der Waals surface area contributed by atoms with Gasteiger partial charge in [-0.2, -0.15) is 0 Å². The van der Waals surface area contributed by atoms with Gasteiger partial charge in [0.1, 0.15) is 0 Å². The van der Waals surface area contributed by atoms with Crippen LogP contribution in [0.15, 0.2) is 12.2 Å². The molecule has 0 radical (unpaired) electrons. The number of nitrogens with one attached hydrogen (secondary N) is 1. The molecule has 4 N–H and O–H groups in total. The van der Waals surface area contributed by atoms with Gasteiger partial charge in [0, 0.05) is 13.0 Å². The van der Waals surface area contributed by atoms with Crippen molar-refractivity contribution in [1.82, 2.24) is 5.32 Å². The number of hydrogen-bond donors (Lipinski definition) is 3. The number of amides is 1. The van der Waals surface area contributed by atoms with Crippen molar-refractivity contribution in [3.63, 3.8) is 0 Å². The van der Waals surface area contributed by atoms with E-state index in [-0.39, 0.29) is 12.5 Å². The van der Waals surface area contributed by atoms with Gasteiger partial charge in [0.05, 0.1) is 6.54 Å². The van der Waals surface area contributed by atoms with Crippen LogP contribution in [0.5, 0.6) is 0 Å². The summed E-state index contributed by atoms with van der Waals surface area (Å²) in [7, 11) is 0. The van der Waals surface area contributed by atoms with Gasteiger partial charge in [-0.1, -0.05) is 161 Å². The summed E-state index contributed by atoms with van der Waals surface area (Å²) < 4.78 is 0. The number of allylic oxidation sites excluding steroid dienone is 2. The summed E-state index contributed by atoms with van der Waals surface area (Å²) in [6.07, 6.45) is 42.0. The highest BCUT2D eigenvalue weighted by atomic mass is 16.4. The Morgan fingerprint density at radius 2 is 0.854 bits per heavy atom. The van der Waals surface area contributed by atoms with Crippen molar-refractivity contribution in [2.24, 2.45) is 5.73 Å². The Kier molecular flexibility index (Phi) is 39.4. The largest absolute Gasteiger partial charge is 0.480 e. The van der Waals surface area contributed by atoms with Crippen LogP contribution < -0.4 is 11.1 Å². The molecule has 0 saturated carbocycles. The van der Waals surface area contributed by atoms with Crippen molar-refractivity contribution in [3.05, 3.63) is 12.2 Å². The van der Waals surface area contributed by atoms with Crippen LogP contribution in [-0.4, -0.2) is 30.1 Å². The Hall–Kier alpha value is -1.36. The lowest BCUT2D eigenvalue weighted by atomic mass is 10.0. The van der Waals surface area contributed by atoms with Crippen molar-refractivity contribution in [2.45, 2.75) is 194 Å². The Morgan fingerprint density at radius 1 is 0.537 bits per heavy atom. The molecule has 0 aromatic carbocycles. The summed E-state index contributed by atoms with van der Waals surface area (Å²) in [5.74, 6) is -0.708. The van der Waals surface area contributed by atoms with E-state index in [0.29, 0.717) is 0 Å². The van der Waals surface area contributed by atoms with Crippen LogP contribution in [0.3, 0.4) is 0 Å². The van der Waals surface area contributed by atoms with Gasteiger partial charge in [-0.3, -0.25) is 9.59 Å². The van der Waals surface area contributed by atoms with Crippen LogP contribution >= 0.6 is 0 Å². The number of aliphatic carboxylic acids is 1. The first-order valence-corrected chi connectivity index (χ1v) is 17.9. The van der Waals surface area contributed by atoms with Crippen LogP contribution in [0.2, 0.25) is 0 Å². The molecule has 0 unspecified atom stereocenters. The van der Waals surface area contributed by atoms with Gasteiger partial charge < -0.3 is 16.2 Å². The molecule has 0 saturated heterocycles. The maximum Gasteiger partial charge on any atom is 0.317 e. The van der Waals surface area contributed by atoms with Gasteiger partial charge in [-0.25, -0.2) is 0 Å². The third kappa shape index (κ3) is 43.2. The third-order valence-electron chi connectivity index (χ3n) is 7.69. The smallest absolute Gasteiger partial charge is 0.317 e. The SMILES string of the molecule is CCCCCCCCCCCCCCCC/C=C\CCCCCCCC(=O)NCCCCCCCC.NCC(=O)O. The molecule has 0 fully saturated rings. The Labute approximate surface area is 256 Å². The van der Waals surface area contributed by atoms with E-state index >= 15 is 0 Å². The van der Waals surface area contributed by atoms with E-state index in [1.807, 2.05) is 0 Å². The van der Waals surface area contributed by atoms with Crippen LogP contribution in [0.25, 0.3) is 0 Å². The lowest BCUT2D eigenvalue weighted by Crippen LogP contribution is -2.23. The number of hydrogen-bond acceptors (Lipinski definition) is 3. The number of nitrogens with two attached hydrogens (primary N) is 1. The zero-order chi connectivity index (χ0) is 30.5. The number of rotatable bonds is 31. The maximum absolute atomic E-state index is 11.9. The average Bonchev–Trinajstić information content (AvgIpc) is 2.97. The Balaban J connectivity index is 0. The highest BCUT2D eigenvalue weighted by Crippen LogP contribution is 2.14. The zero-order valence-electron chi connectivity index (χ0n) is 27.7. The Bertz CT molecular complexity index is 551. The highest BCUT2D eigenvalue weighted by molar-refractivity contribution is 5.75. The predicted octanol–water partition coefficient (Wildman–Crippen LogP) is 10.7. The van der Waals surface area contributed by atoms with E-state index in [1.54, 1.807) is 0 Å². The normalized spacial score (nSPS) is 11.0. The van der Waals surface area contributed by atoms with Crippen molar-refractivity contribution in [1.29, 1.82) is 0 Å². The number of carbonyl (C=O) groups is 2. The Morgan fingerprint density at radius 3 is 1.22 bits per heavy atom. The van der Waals surface area contributed by atoms with Crippen molar-refractivity contribution in [3.8, 4) is 0 Å². The molecule has 0 aromatic rings. The molecule has 0 aliphatic rings. The molecule has 0 aliphatic carbocycles. The van der Waals surface area contributed by atoms with Gasteiger partial charge in [-0.15, -0.1) is 0 Å². The summed E-state index contributed by atoms with van der Waals surface area (Å²) in [5.41, 5.74) is 4.57. The molecular weight excluding hydrogens is 508 g/mol. The predicted molar refractivity (Wildman–Crippen MR) is 179 cm³/mol. The number of carboxylic acid groups (broad SMARTS) is 1. The first-order chi connectivity index (χ1) is 20.1. The fourth-order valence-corrected chi connectivity index (χ4v) is 4.99. The van der Waals surface area contributed by atoms with Gasteiger partial charge in [0.25, 0.3) is 0 Å². The van der Waals surface area contributed by atoms with Crippen molar-refractivity contribution >= 4 is 11.9 Å². The van der Waals surface area contributed by atoms with E-state index in [1.165, 1.54) is 161 Å². The van der Waals surface area contributed by atoms with E-state index in [2.05, 4.69) is 37.0 Å². The van der Waals surface area contributed by atoms with Gasteiger partial charge >= 0.3 is 5.97 Å². The third-order valence-corrected chi connectivity index (χ3v) is 7.69. The van der Waals surface area contributed by atoms with Crippen LogP contribution in [-0.2, 0) is 9.59 Å². The summed E-state index contributed by atoms with van der Waals surface area (Å²) in [5, 5.41) is 10.7. The van der Waals surface area contributed by atoms with Gasteiger partial charge in [-0.05, 0) is 38.5 Å². The highest BCUT2D eigenvalue weighted by Gasteiger charge is 2.00. The number of carboxylic acids is 1. The minimum Gasteiger partial charge on any atom is -0.480 e. The molecule has 5 heteroatoms. The monoisotopic (exact) mass is 581 g/mol. The van der Waals surface area contributed by atoms with Crippen LogP contribution in [0, 0.1) is 0 Å². The second-order valence-electron chi connectivity index (χ2n) is 11.9. The molecule has 1 amide bonds. The standard InChI is InChI=1S/C34H67NO.C2H5NO2/c1-3-5-7-9-11-12-13-14-15-16-17-18-19-20-21-22-23-24-25-26-27-28-30-32-34(36)35-33-31-29-10-8-6-4-2;3-1-2(4)5/h22-23H,3-21,24-33H2,1-2H3,(H,35,36);1,3H2,(H,4,5)/b23-22-;. The molecule has 244 valence electrons. The lowest BCUT2D eigenvalue weighted by molar-refractivity contribution is -0.135. The molecule has 0 bridgehead atoms. The zero-order valence-corrected chi connectivity index (χ0v) is 27.7. The second-order valence-corrected chi connectivity index (χ2v) is 11.9. The average molecular weight is 581 g/mol. The minimum atomic E-state index is -0.968. The summed E-state index contributed by atoms with van der Waals surface area (Å²) >= 11 is 0. The quantitative estimate of drug-likeness (QED) is 0.0561. The second kappa shape index (κ2) is 38.6. The number of carbonyl (C=O) groups excluding carboxylic acids is 1. The van der Waals surface area contributed by atoms with Gasteiger partial charge in [0.2, 0.25) is 5.91 Å². The molecule has 5 nitrogen and oxygen atoms in total. The van der Waals surface area contributed by atoms with E-state index in [0.717, 1.165) is 25.8 Å². The molecule has 41 heavy (non-hydrogen) atoms. The summed E-state index contributed by atoms with van der Waals surface area (Å²) in [4.78, 5) is 21.1. The van der Waals surface area contributed by atoms with E-state index in [4.69, 9.17) is 5.11 Å². The van der Waals surface area contributed by atoms with Gasteiger partial charge in [0.15, 0.2) is 0 Å². The fourth-order valence-electron chi connectivity index (χ4n) is 4.99. The fraction of sp³-hybridized carbons (Fsp3) is 0.889. The molecule has 0 aliphatic heterocycles. The molecule has 0 atom stereocenters. The van der Waals surface area contributed by atoms with Crippen LogP contribution in [0.4, 0.5) is 0 Å². The van der Waals surface area contributed by atoms with E-state index in [9.17, 15) is 9.59 Å². The minimum absolute atomic E-state index is 0.259. The van der Waals surface area contributed by atoms with Crippen molar-refractivity contribution < 1.29 is 14.7 Å². The number of unbranched alkanes of at least 4 members (excludes halogenated alkanes) is 24. The van der Waals surface area contributed by atoms with Crippen LogP contribution in [0.1, 0.15) is 194 Å². The molecule has 0 rings (SSSR count). The first kappa shape index (κ1) is 41.8. The topological polar surface area (TPSA) is 92.4 Å². The molecular formula is C36H72N2O3. The van der Waals surface area contributed by atoms with E-state index < -0.39 is 5.97 Å². The molecule has 0 spiro atoms. The van der Waals surface area contributed by atoms with Crippen molar-refractivity contribution in [2.75, 3.05) is 13.1 Å². The lowest BCUT2D eigenvalue weighted by Gasteiger charge is -2.05. The summed E-state index contributed by atoms with van der Waals surface area (Å²) in [6.45, 7) is 5.14. The summed E-state index contributed by atoms with van der Waals surface area (Å²) in [6, 6.07) is 0. The molecule has 0 heterocycles. The first-order valence-electron chi connectivity index (χ1n) is 17.9.